The van der Waals surface area contributed by atoms with Crippen molar-refractivity contribution in [2.24, 2.45) is 0 Å². The first-order valence-corrected chi connectivity index (χ1v) is 6.04. The highest BCUT2D eigenvalue weighted by Crippen LogP contribution is 2.27. The van der Waals surface area contributed by atoms with Gasteiger partial charge in [0.25, 0.3) is 0 Å². The Kier molecular flexibility index (Phi) is 3.38. The lowest BCUT2D eigenvalue weighted by Crippen LogP contribution is -2.27. The van der Waals surface area contributed by atoms with Crippen LogP contribution in [0.25, 0.3) is 10.9 Å². The number of hydrogen-bond donors (Lipinski definition) is 2. The van der Waals surface area contributed by atoms with Crippen LogP contribution in [0.3, 0.4) is 0 Å². The zero-order valence-electron chi connectivity index (χ0n) is 11.5. The number of amides is 1. The fraction of sp³-hybridized carbons (Fsp3) is 0.357. The van der Waals surface area contributed by atoms with E-state index in [0.717, 1.165) is 16.7 Å². The SMILES string of the molecule is COc1ccc2[nH]cc(NC(=O)OC(C)(C)C)c2c1. The maximum absolute atomic E-state index is 11.7. The minimum absolute atomic E-state index is 0.476. The third-order valence-corrected chi connectivity index (χ3v) is 2.52. The van der Waals surface area contributed by atoms with Gasteiger partial charge in [0.05, 0.1) is 12.8 Å². The maximum atomic E-state index is 11.7. The van der Waals surface area contributed by atoms with Gasteiger partial charge in [-0.25, -0.2) is 4.79 Å². The van der Waals surface area contributed by atoms with E-state index in [0.29, 0.717) is 5.69 Å². The average molecular weight is 262 g/mol. The maximum Gasteiger partial charge on any atom is 0.412 e. The highest BCUT2D eigenvalue weighted by molar-refractivity contribution is 6.00. The van der Waals surface area contributed by atoms with Crippen LogP contribution in [0, 0.1) is 0 Å². The zero-order chi connectivity index (χ0) is 14.0. The summed E-state index contributed by atoms with van der Waals surface area (Å²) in [5, 5.41) is 3.60. The Labute approximate surface area is 111 Å². The van der Waals surface area contributed by atoms with E-state index in [4.69, 9.17) is 9.47 Å². The molecule has 0 saturated carbocycles. The molecule has 5 nitrogen and oxygen atoms in total. The van der Waals surface area contributed by atoms with Crippen molar-refractivity contribution in [3.05, 3.63) is 24.4 Å². The van der Waals surface area contributed by atoms with Gasteiger partial charge in [-0.1, -0.05) is 0 Å². The number of benzene rings is 1. The van der Waals surface area contributed by atoms with Crippen molar-refractivity contribution in [1.82, 2.24) is 4.98 Å². The van der Waals surface area contributed by atoms with Crippen LogP contribution in [0.5, 0.6) is 5.75 Å². The molecule has 0 aliphatic carbocycles. The van der Waals surface area contributed by atoms with Gasteiger partial charge in [-0.05, 0) is 39.0 Å². The first kappa shape index (κ1) is 13.3. The van der Waals surface area contributed by atoms with Gasteiger partial charge in [0, 0.05) is 17.1 Å². The summed E-state index contributed by atoms with van der Waals surface area (Å²) in [5.74, 6) is 0.735. The van der Waals surface area contributed by atoms with Crippen molar-refractivity contribution in [2.45, 2.75) is 26.4 Å². The molecule has 1 amide bonds. The quantitative estimate of drug-likeness (QED) is 0.870. The molecular weight excluding hydrogens is 244 g/mol. The highest BCUT2D eigenvalue weighted by atomic mass is 16.6. The van der Waals surface area contributed by atoms with E-state index in [1.807, 2.05) is 39.0 Å². The molecule has 0 atom stereocenters. The van der Waals surface area contributed by atoms with Crippen molar-refractivity contribution in [3.63, 3.8) is 0 Å². The molecule has 0 spiro atoms. The molecule has 0 bridgehead atoms. The number of H-pyrrole nitrogens is 1. The summed E-state index contributed by atoms with van der Waals surface area (Å²) in [6.07, 6.45) is 1.25. The Bertz CT molecular complexity index is 596. The van der Waals surface area contributed by atoms with E-state index in [-0.39, 0.29) is 0 Å². The molecule has 5 heteroatoms. The summed E-state index contributed by atoms with van der Waals surface area (Å²) in [7, 11) is 1.61. The lowest BCUT2D eigenvalue weighted by molar-refractivity contribution is 0.0636. The van der Waals surface area contributed by atoms with Crippen LogP contribution < -0.4 is 10.1 Å². The van der Waals surface area contributed by atoms with Gasteiger partial charge < -0.3 is 14.5 Å². The van der Waals surface area contributed by atoms with Gasteiger partial charge >= 0.3 is 6.09 Å². The smallest absolute Gasteiger partial charge is 0.412 e. The van der Waals surface area contributed by atoms with E-state index in [9.17, 15) is 4.79 Å². The molecule has 0 unspecified atom stereocenters. The van der Waals surface area contributed by atoms with Crippen molar-refractivity contribution in [3.8, 4) is 5.75 Å². The predicted molar refractivity (Wildman–Crippen MR) is 74.7 cm³/mol. The van der Waals surface area contributed by atoms with Gasteiger partial charge in [0.15, 0.2) is 0 Å². The molecule has 1 heterocycles. The summed E-state index contributed by atoms with van der Waals surface area (Å²) in [5.41, 5.74) is 1.07. The molecule has 2 aromatic rings. The molecule has 102 valence electrons. The fourth-order valence-electron chi connectivity index (χ4n) is 1.74. The molecular formula is C14H18N2O3. The molecule has 0 radical (unpaired) electrons. The number of carbonyl (C=O) groups excluding carboxylic acids is 1. The van der Waals surface area contributed by atoms with Crippen LogP contribution in [0.15, 0.2) is 24.4 Å². The second-order valence-electron chi connectivity index (χ2n) is 5.24. The first-order valence-electron chi connectivity index (χ1n) is 6.04. The van der Waals surface area contributed by atoms with Gasteiger partial charge in [0.2, 0.25) is 0 Å². The first-order chi connectivity index (χ1) is 8.89. The molecule has 2 rings (SSSR count). The van der Waals surface area contributed by atoms with Crippen LogP contribution in [-0.2, 0) is 4.74 Å². The normalized spacial score (nSPS) is 11.4. The number of anilines is 1. The second-order valence-corrected chi connectivity index (χ2v) is 5.24. The Balaban J connectivity index is 2.23. The standard InChI is InChI=1S/C14H18N2O3/c1-14(2,3)19-13(17)16-12-8-15-11-6-5-9(18-4)7-10(11)12/h5-8,15H,1-4H3,(H,16,17). The minimum Gasteiger partial charge on any atom is -0.497 e. The summed E-state index contributed by atoms with van der Waals surface area (Å²) < 4.78 is 10.4. The van der Waals surface area contributed by atoms with Gasteiger partial charge in [-0.15, -0.1) is 0 Å². The van der Waals surface area contributed by atoms with Crippen molar-refractivity contribution >= 4 is 22.7 Å². The van der Waals surface area contributed by atoms with Crippen LogP contribution in [0.1, 0.15) is 20.8 Å². The van der Waals surface area contributed by atoms with E-state index in [1.54, 1.807) is 13.3 Å². The number of aromatic amines is 1. The molecule has 0 aliphatic rings. The van der Waals surface area contributed by atoms with E-state index in [1.165, 1.54) is 0 Å². The topological polar surface area (TPSA) is 63.3 Å². The number of aromatic nitrogens is 1. The predicted octanol–water partition coefficient (Wildman–Crippen LogP) is 3.52. The molecule has 1 aromatic carbocycles. The van der Waals surface area contributed by atoms with Crippen molar-refractivity contribution in [1.29, 1.82) is 0 Å². The van der Waals surface area contributed by atoms with E-state index in [2.05, 4.69) is 10.3 Å². The van der Waals surface area contributed by atoms with Crippen molar-refractivity contribution < 1.29 is 14.3 Å². The number of hydrogen-bond acceptors (Lipinski definition) is 3. The lowest BCUT2D eigenvalue weighted by Gasteiger charge is -2.19. The Morgan fingerprint density at radius 2 is 2.05 bits per heavy atom. The molecule has 1 aromatic heterocycles. The zero-order valence-corrected chi connectivity index (χ0v) is 11.5. The summed E-state index contributed by atoms with van der Waals surface area (Å²) in [6, 6.07) is 5.61. The highest BCUT2D eigenvalue weighted by Gasteiger charge is 2.17. The second kappa shape index (κ2) is 4.84. The third-order valence-electron chi connectivity index (χ3n) is 2.52. The van der Waals surface area contributed by atoms with Gasteiger partial charge in [-0.3, -0.25) is 5.32 Å². The number of carbonyl (C=O) groups is 1. The lowest BCUT2D eigenvalue weighted by atomic mass is 10.2. The van der Waals surface area contributed by atoms with Crippen LogP contribution in [0.4, 0.5) is 10.5 Å². The summed E-state index contributed by atoms with van der Waals surface area (Å²) in [6.45, 7) is 5.47. The minimum atomic E-state index is -0.520. The summed E-state index contributed by atoms with van der Waals surface area (Å²) >= 11 is 0. The molecule has 0 saturated heterocycles. The number of fused-ring (bicyclic) bond motifs is 1. The van der Waals surface area contributed by atoms with Crippen LogP contribution in [0.2, 0.25) is 0 Å². The van der Waals surface area contributed by atoms with Gasteiger partial charge in [0.1, 0.15) is 11.4 Å². The largest absolute Gasteiger partial charge is 0.497 e. The van der Waals surface area contributed by atoms with Crippen molar-refractivity contribution in [2.75, 3.05) is 12.4 Å². The monoisotopic (exact) mass is 262 g/mol. The number of methoxy groups -OCH3 is 1. The number of nitrogens with one attached hydrogen (secondary N) is 2. The van der Waals surface area contributed by atoms with Gasteiger partial charge in [-0.2, -0.15) is 0 Å². The summed E-state index contributed by atoms with van der Waals surface area (Å²) in [4.78, 5) is 14.8. The molecule has 19 heavy (non-hydrogen) atoms. The third kappa shape index (κ3) is 3.19. The average Bonchev–Trinajstić information content (AvgIpc) is 2.69. The molecule has 0 fully saturated rings. The Morgan fingerprint density at radius 1 is 1.32 bits per heavy atom. The number of rotatable bonds is 2. The van der Waals surface area contributed by atoms with E-state index >= 15 is 0 Å². The van der Waals surface area contributed by atoms with E-state index < -0.39 is 11.7 Å². The Hall–Kier alpha value is -2.17. The Morgan fingerprint density at radius 3 is 2.68 bits per heavy atom. The van der Waals surface area contributed by atoms with Crippen LogP contribution >= 0.6 is 0 Å². The van der Waals surface area contributed by atoms with Crippen LogP contribution in [-0.4, -0.2) is 23.8 Å². The molecule has 2 N–H and O–H groups in total. The fourth-order valence-corrected chi connectivity index (χ4v) is 1.74. The molecule has 0 aliphatic heterocycles. The number of ether oxygens (including phenoxy) is 2.